The molecule has 2 aliphatic rings. The molecule has 14 nitrogen and oxygen atoms in total. The van der Waals surface area contributed by atoms with Gasteiger partial charge in [-0.05, 0) is 84.6 Å². The fourth-order valence-corrected chi connectivity index (χ4v) is 8.04. The molecule has 3 aromatic rings. The van der Waals surface area contributed by atoms with E-state index >= 15 is 0 Å². The van der Waals surface area contributed by atoms with Crippen LogP contribution in [-0.2, 0) is 32.6 Å². The maximum atomic E-state index is 14.0. The monoisotopic (exact) mass is 697 g/mol. The van der Waals surface area contributed by atoms with E-state index in [0.29, 0.717) is 44.4 Å². The van der Waals surface area contributed by atoms with E-state index in [1.165, 1.54) is 6.07 Å². The minimum Gasteiger partial charge on any atom is -0.492 e. The Morgan fingerprint density at radius 1 is 1.10 bits per heavy atom. The van der Waals surface area contributed by atoms with E-state index in [1.54, 1.807) is 11.4 Å². The predicted molar refractivity (Wildman–Crippen MR) is 182 cm³/mol. The number of guanidine groups is 1. The normalized spacial score (nSPS) is 15.6. The molecule has 1 aromatic heterocycles. The standard InChI is InChI=1S/C32H39N7O7S2/c33-29(40)19-7-12-39(13-8-19)18-21-4-1-2-5-23(21)22-16-20-9-14-46-27(20)26(17-22)48(44,45)38-24-10-15-47-28(24)30(41)37-25(31(42)43)6-3-11-36-32(34)35/h1-2,4-5,10,15-17,19,25,38H,3,6-9,11-14,18H2,(H2,33,40)(H,37,41)(H,42,43)(H4,34,35,36)/t25-/m0/s1. The van der Waals surface area contributed by atoms with Crippen molar-refractivity contribution in [2.45, 2.75) is 49.6 Å². The molecule has 1 saturated heterocycles. The topological polar surface area (TPSA) is 233 Å². The summed E-state index contributed by atoms with van der Waals surface area (Å²) in [6.07, 6.45) is 2.28. The van der Waals surface area contributed by atoms with Gasteiger partial charge >= 0.3 is 5.97 Å². The highest BCUT2D eigenvalue weighted by Gasteiger charge is 2.30. The summed E-state index contributed by atoms with van der Waals surface area (Å²) in [5.74, 6) is -2.24. The van der Waals surface area contributed by atoms with Crippen LogP contribution in [0.2, 0.25) is 0 Å². The molecule has 2 aliphatic heterocycles. The highest BCUT2D eigenvalue weighted by molar-refractivity contribution is 7.92. The SMILES string of the molecule is NC(=O)C1CCN(Cc2ccccc2-c2cc3c(c(S(=O)(=O)Nc4ccsc4C(=O)N[C@@H](CCCN=C(N)N)C(=O)O)c2)OCC3)CC1. The Morgan fingerprint density at radius 3 is 2.56 bits per heavy atom. The Labute approximate surface area is 282 Å². The van der Waals surface area contributed by atoms with Crippen molar-refractivity contribution >= 4 is 50.8 Å². The largest absolute Gasteiger partial charge is 0.492 e. The zero-order valence-electron chi connectivity index (χ0n) is 26.2. The lowest BCUT2D eigenvalue weighted by molar-refractivity contribution is -0.139. The summed E-state index contributed by atoms with van der Waals surface area (Å²) in [7, 11) is -4.28. The van der Waals surface area contributed by atoms with E-state index < -0.39 is 27.9 Å². The number of primary amides is 1. The predicted octanol–water partition coefficient (Wildman–Crippen LogP) is 2.08. The molecule has 1 fully saturated rings. The van der Waals surface area contributed by atoms with Gasteiger partial charge in [0.05, 0.1) is 12.3 Å². The zero-order chi connectivity index (χ0) is 34.4. The van der Waals surface area contributed by atoms with Gasteiger partial charge in [-0.3, -0.25) is 24.2 Å². The van der Waals surface area contributed by atoms with Crippen LogP contribution in [0.3, 0.4) is 0 Å². The number of aliphatic imine (C=N–C) groups is 1. The first-order valence-electron chi connectivity index (χ1n) is 15.5. The van der Waals surface area contributed by atoms with Gasteiger partial charge in [0, 0.05) is 25.4 Å². The number of fused-ring (bicyclic) bond motifs is 1. The van der Waals surface area contributed by atoms with Crippen molar-refractivity contribution in [3.8, 4) is 16.9 Å². The number of sulfonamides is 1. The van der Waals surface area contributed by atoms with Crippen molar-refractivity contribution < 1.29 is 32.6 Å². The maximum Gasteiger partial charge on any atom is 0.326 e. The second kappa shape index (κ2) is 15.0. The third kappa shape index (κ3) is 8.24. The second-order valence-corrected chi connectivity index (χ2v) is 14.3. The Bertz CT molecular complexity index is 1810. The summed E-state index contributed by atoms with van der Waals surface area (Å²) in [6.45, 7) is 2.59. The van der Waals surface area contributed by atoms with Crippen LogP contribution in [-0.4, -0.2) is 74.5 Å². The van der Waals surface area contributed by atoms with Crippen LogP contribution >= 0.6 is 11.3 Å². The van der Waals surface area contributed by atoms with Crippen LogP contribution in [0, 0.1) is 5.92 Å². The van der Waals surface area contributed by atoms with E-state index in [2.05, 4.69) is 19.9 Å². The second-order valence-electron chi connectivity index (χ2n) is 11.8. The molecular formula is C32H39N7O7S2. The van der Waals surface area contributed by atoms with Gasteiger partial charge in [-0.15, -0.1) is 11.3 Å². The molecule has 256 valence electrons. The number of carbonyl (C=O) groups excluding carboxylic acids is 2. The summed E-state index contributed by atoms with van der Waals surface area (Å²) in [5, 5.41) is 13.7. The summed E-state index contributed by atoms with van der Waals surface area (Å²) < 4.78 is 36.3. The molecule has 3 heterocycles. The molecule has 0 saturated carbocycles. The lowest BCUT2D eigenvalue weighted by atomic mass is 9.94. The fourth-order valence-electron chi connectivity index (χ4n) is 5.93. The summed E-state index contributed by atoms with van der Waals surface area (Å²) in [6, 6.07) is 11.5. The van der Waals surface area contributed by atoms with Crippen LogP contribution < -0.4 is 32.0 Å². The Morgan fingerprint density at radius 2 is 1.85 bits per heavy atom. The van der Waals surface area contributed by atoms with Crippen molar-refractivity contribution in [2.24, 2.45) is 28.1 Å². The molecule has 0 unspecified atom stereocenters. The molecule has 9 N–H and O–H groups in total. The minimum absolute atomic E-state index is 0.00761. The summed E-state index contributed by atoms with van der Waals surface area (Å²) >= 11 is 0.977. The molecular weight excluding hydrogens is 659 g/mol. The lowest BCUT2D eigenvalue weighted by Crippen LogP contribution is -2.40. The number of thiophene rings is 1. The molecule has 2 amide bonds. The van der Waals surface area contributed by atoms with Crippen molar-refractivity contribution in [2.75, 3.05) is 31.0 Å². The molecule has 0 radical (unpaired) electrons. The number of benzene rings is 2. The van der Waals surface area contributed by atoms with Crippen molar-refractivity contribution in [1.82, 2.24) is 10.2 Å². The fraction of sp³-hybridized carbons (Fsp3) is 0.375. The Balaban J connectivity index is 1.37. The molecule has 16 heteroatoms. The first-order valence-corrected chi connectivity index (χ1v) is 17.9. The van der Waals surface area contributed by atoms with Gasteiger partial charge in [-0.1, -0.05) is 24.3 Å². The van der Waals surface area contributed by atoms with Crippen molar-refractivity contribution in [3.63, 3.8) is 0 Å². The van der Waals surface area contributed by atoms with Gasteiger partial charge in [-0.25, -0.2) is 13.2 Å². The average Bonchev–Trinajstić information content (AvgIpc) is 3.71. The number of nitrogens with zero attached hydrogens (tertiary/aromatic N) is 2. The number of nitrogens with two attached hydrogens (primary N) is 3. The smallest absolute Gasteiger partial charge is 0.326 e. The van der Waals surface area contributed by atoms with E-state index in [4.69, 9.17) is 21.9 Å². The number of hydrogen-bond acceptors (Lipinski definition) is 9. The molecule has 2 aromatic carbocycles. The number of amides is 2. The van der Waals surface area contributed by atoms with E-state index in [9.17, 15) is 27.9 Å². The van der Waals surface area contributed by atoms with Crippen LogP contribution in [0.25, 0.3) is 11.1 Å². The van der Waals surface area contributed by atoms with Crippen molar-refractivity contribution in [3.05, 3.63) is 63.8 Å². The molecule has 0 spiro atoms. The number of nitrogens with one attached hydrogen (secondary N) is 2. The van der Waals surface area contributed by atoms with Gasteiger partial charge in [0.1, 0.15) is 21.6 Å². The van der Waals surface area contributed by atoms with E-state index in [1.807, 2.05) is 30.3 Å². The van der Waals surface area contributed by atoms with E-state index in [-0.39, 0.29) is 52.0 Å². The highest BCUT2D eigenvalue weighted by Crippen LogP contribution is 2.40. The number of rotatable bonds is 14. The molecule has 1 atom stereocenters. The van der Waals surface area contributed by atoms with Crippen molar-refractivity contribution in [1.29, 1.82) is 0 Å². The molecule has 0 aliphatic carbocycles. The van der Waals surface area contributed by atoms with Crippen LogP contribution in [0.4, 0.5) is 5.69 Å². The first kappa shape index (κ1) is 34.7. The number of carbonyl (C=O) groups is 3. The lowest BCUT2D eigenvalue weighted by Gasteiger charge is -2.31. The number of anilines is 1. The van der Waals surface area contributed by atoms with Crippen LogP contribution in [0.1, 0.15) is 46.5 Å². The van der Waals surface area contributed by atoms with Gasteiger partial charge in [-0.2, -0.15) is 0 Å². The minimum atomic E-state index is -4.28. The number of likely N-dealkylation sites (tertiary alicyclic amines) is 1. The number of carboxylic acids is 1. The summed E-state index contributed by atoms with van der Waals surface area (Å²) in [5.41, 5.74) is 19.5. The van der Waals surface area contributed by atoms with Crippen LogP contribution in [0.15, 0.2) is 57.7 Å². The highest BCUT2D eigenvalue weighted by atomic mass is 32.2. The van der Waals surface area contributed by atoms with E-state index in [0.717, 1.165) is 41.1 Å². The molecule has 48 heavy (non-hydrogen) atoms. The third-order valence-electron chi connectivity index (χ3n) is 8.42. The average molecular weight is 698 g/mol. The van der Waals surface area contributed by atoms with Gasteiger partial charge in [0.15, 0.2) is 5.96 Å². The Hall–Kier alpha value is -4.67. The third-order valence-corrected chi connectivity index (χ3v) is 10.7. The van der Waals surface area contributed by atoms with Gasteiger partial charge < -0.3 is 32.4 Å². The first-order chi connectivity index (χ1) is 22.9. The quantitative estimate of drug-likeness (QED) is 0.0815. The summed E-state index contributed by atoms with van der Waals surface area (Å²) in [4.78, 5) is 42.6. The van der Waals surface area contributed by atoms with Gasteiger partial charge in [0.2, 0.25) is 5.91 Å². The zero-order valence-corrected chi connectivity index (χ0v) is 27.8. The maximum absolute atomic E-state index is 14.0. The number of piperidine rings is 1. The number of carboxylic acid groups (broad SMARTS) is 1. The van der Waals surface area contributed by atoms with Gasteiger partial charge in [0.25, 0.3) is 15.9 Å². The Kier molecular flexibility index (Phi) is 10.9. The number of aliphatic carboxylic acids is 1. The number of ether oxygens (including phenoxy) is 1. The van der Waals surface area contributed by atoms with Crippen LogP contribution in [0.5, 0.6) is 5.75 Å². The molecule has 0 bridgehead atoms. The number of hydrogen-bond donors (Lipinski definition) is 6. The molecule has 5 rings (SSSR count).